The van der Waals surface area contributed by atoms with Gasteiger partial charge < -0.3 is 4.90 Å². The molecule has 0 aliphatic heterocycles. The summed E-state index contributed by atoms with van der Waals surface area (Å²) in [6.45, 7) is 4.45. The van der Waals surface area contributed by atoms with Crippen LogP contribution in [0, 0.1) is 0 Å². The van der Waals surface area contributed by atoms with E-state index in [1.165, 1.54) is 22.5 Å². The summed E-state index contributed by atoms with van der Waals surface area (Å²) in [5.74, 6) is 0. The molecule has 0 amide bonds. The van der Waals surface area contributed by atoms with E-state index in [9.17, 15) is 0 Å². The van der Waals surface area contributed by atoms with Crippen LogP contribution in [-0.4, -0.2) is 6.04 Å². The second kappa shape index (κ2) is 6.48. The van der Waals surface area contributed by atoms with Crippen LogP contribution in [0.1, 0.15) is 13.8 Å². The Bertz CT molecular complexity index is 717. The van der Waals surface area contributed by atoms with E-state index >= 15 is 0 Å². The van der Waals surface area contributed by atoms with Crippen molar-refractivity contribution in [1.29, 1.82) is 0 Å². The van der Waals surface area contributed by atoms with Gasteiger partial charge in [0.1, 0.15) is 0 Å². The number of para-hydroxylation sites is 1. The molecule has 110 valence electrons. The molecule has 1 heteroatoms. The molecule has 0 bridgehead atoms. The van der Waals surface area contributed by atoms with Gasteiger partial charge in [0.05, 0.1) is 0 Å². The molecule has 0 aliphatic carbocycles. The molecule has 22 heavy (non-hydrogen) atoms. The monoisotopic (exact) mass is 287 g/mol. The van der Waals surface area contributed by atoms with Crippen molar-refractivity contribution in [2.75, 3.05) is 4.90 Å². The summed E-state index contributed by atoms with van der Waals surface area (Å²) in [5, 5.41) is 0. The molecule has 3 rings (SSSR count). The number of hydrogen-bond donors (Lipinski definition) is 0. The summed E-state index contributed by atoms with van der Waals surface area (Å²) in [6.07, 6.45) is 0. The molecule has 1 nitrogen and oxygen atoms in total. The van der Waals surface area contributed by atoms with Crippen LogP contribution in [0.3, 0.4) is 0 Å². The molecule has 0 aromatic heterocycles. The standard InChI is InChI=1S/C21H21N/c1-17(2)22(20-13-7-4-8-14-20)21-15-9-12-19(16-21)18-10-5-3-6-11-18/h3-17H,1-2H3. The lowest BCUT2D eigenvalue weighted by Crippen LogP contribution is -2.25. The first kappa shape index (κ1) is 14.4. The lowest BCUT2D eigenvalue weighted by Gasteiger charge is -2.29. The fourth-order valence-corrected chi connectivity index (χ4v) is 2.80. The molecule has 3 aromatic carbocycles. The first-order valence-corrected chi connectivity index (χ1v) is 7.75. The van der Waals surface area contributed by atoms with Crippen LogP contribution in [0.5, 0.6) is 0 Å². The van der Waals surface area contributed by atoms with Crippen LogP contribution >= 0.6 is 0 Å². The van der Waals surface area contributed by atoms with Gasteiger partial charge in [0, 0.05) is 17.4 Å². The van der Waals surface area contributed by atoms with Crippen molar-refractivity contribution in [1.82, 2.24) is 0 Å². The summed E-state index contributed by atoms with van der Waals surface area (Å²) < 4.78 is 0. The maximum absolute atomic E-state index is 2.37. The maximum Gasteiger partial charge on any atom is 0.0419 e. The summed E-state index contributed by atoms with van der Waals surface area (Å²) >= 11 is 0. The van der Waals surface area contributed by atoms with E-state index in [0.717, 1.165) is 0 Å². The Morgan fingerprint density at radius 3 is 1.77 bits per heavy atom. The van der Waals surface area contributed by atoms with Crippen LogP contribution in [0.2, 0.25) is 0 Å². The summed E-state index contributed by atoms with van der Waals surface area (Å²) in [6, 6.07) is 30.2. The van der Waals surface area contributed by atoms with Crippen molar-refractivity contribution in [2.45, 2.75) is 19.9 Å². The molecule has 0 N–H and O–H groups in total. The summed E-state index contributed by atoms with van der Waals surface area (Å²) in [7, 11) is 0. The van der Waals surface area contributed by atoms with Crippen LogP contribution in [0.25, 0.3) is 11.1 Å². The smallest absolute Gasteiger partial charge is 0.0419 e. The fraction of sp³-hybridized carbons (Fsp3) is 0.143. The number of hydrogen-bond acceptors (Lipinski definition) is 1. The Hall–Kier alpha value is -2.54. The average Bonchev–Trinajstić information content (AvgIpc) is 2.57. The van der Waals surface area contributed by atoms with Crippen LogP contribution in [0.4, 0.5) is 11.4 Å². The lowest BCUT2D eigenvalue weighted by atomic mass is 10.0. The Morgan fingerprint density at radius 2 is 1.14 bits per heavy atom. The van der Waals surface area contributed by atoms with E-state index in [1.54, 1.807) is 0 Å². The van der Waals surface area contributed by atoms with E-state index in [4.69, 9.17) is 0 Å². The van der Waals surface area contributed by atoms with Crippen LogP contribution < -0.4 is 4.90 Å². The minimum atomic E-state index is 0.397. The quantitative estimate of drug-likeness (QED) is 0.577. The van der Waals surface area contributed by atoms with Gasteiger partial charge in [-0.05, 0) is 49.2 Å². The van der Waals surface area contributed by atoms with E-state index < -0.39 is 0 Å². The third kappa shape index (κ3) is 3.04. The molecule has 0 spiro atoms. The minimum absolute atomic E-state index is 0.397. The van der Waals surface area contributed by atoms with Gasteiger partial charge in [0.25, 0.3) is 0 Å². The third-order valence-corrected chi connectivity index (χ3v) is 3.78. The highest BCUT2D eigenvalue weighted by atomic mass is 15.2. The third-order valence-electron chi connectivity index (χ3n) is 3.78. The minimum Gasteiger partial charge on any atom is -0.339 e. The van der Waals surface area contributed by atoms with Gasteiger partial charge in [0.2, 0.25) is 0 Å². The summed E-state index contributed by atoms with van der Waals surface area (Å²) in [5.41, 5.74) is 4.95. The highest BCUT2D eigenvalue weighted by Gasteiger charge is 2.13. The lowest BCUT2D eigenvalue weighted by molar-refractivity contribution is 0.789. The Morgan fingerprint density at radius 1 is 0.591 bits per heavy atom. The van der Waals surface area contributed by atoms with Gasteiger partial charge in [-0.25, -0.2) is 0 Å². The topological polar surface area (TPSA) is 3.24 Å². The molecule has 0 heterocycles. The van der Waals surface area contributed by atoms with E-state index in [1.807, 2.05) is 0 Å². The average molecular weight is 287 g/mol. The van der Waals surface area contributed by atoms with Crippen LogP contribution in [0.15, 0.2) is 84.9 Å². The second-order valence-corrected chi connectivity index (χ2v) is 5.72. The van der Waals surface area contributed by atoms with Gasteiger partial charge in [-0.2, -0.15) is 0 Å². The van der Waals surface area contributed by atoms with Crippen molar-refractivity contribution >= 4 is 11.4 Å². The van der Waals surface area contributed by atoms with Gasteiger partial charge in [-0.15, -0.1) is 0 Å². The predicted octanol–water partition coefficient (Wildman–Crippen LogP) is 5.90. The molecule has 0 saturated carbocycles. The van der Waals surface area contributed by atoms with Gasteiger partial charge in [-0.1, -0.05) is 60.7 Å². The zero-order valence-corrected chi connectivity index (χ0v) is 13.1. The molecular weight excluding hydrogens is 266 g/mol. The normalized spacial score (nSPS) is 10.7. The Balaban J connectivity index is 2.03. The molecule has 0 radical (unpaired) electrons. The maximum atomic E-state index is 2.37. The molecule has 0 aliphatic rings. The Labute approximate surface area is 132 Å². The van der Waals surface area contributed by atoms with Gasteiger partial charge in [0.15, 0.2) is 0 Å². The molecule has 0 fully saturated rings. The summed E-state index contributed by atoms with van der Waals surface area (Å²) in [4.78, 5) is 2.37. The molecule has 3 aromatic rings. The van der Waals surface area contributed by atoms with Crippen molar-refractivity contribution in [2.24, 2.45) is 0 Å². The van der Waals surface area contributed by atoms with E-state index in [-0.39, 0.29) is 0 Å². The second-order valence-electron chi connectivity index (χ2n) is 5.72. The number of rotatable bonds is 4. The first-order chi connectivity index (χ1) is 10.8. The fourth-order valence-electron chi connectivity index (χ4n) is 2.80. The molecule has 0 atom stereocenters. The number of anilines is 2. The van der Waals surface area contributed by atoms with Crippen molar-refractivity contribution in [3.63, 3.8) is 0 Å². The zero-order valence-electron chi connectivity index (χ0n) is 13.1. The van der Waals surface area contributed by atoms with Gasteiger partial charge in [-0.3, -0.25) is 0 Å². The Kier molecular flexibility index (Phi) is 4.24. The molecule has 0 unspecified atom stereocenters. The zero-order chi connectivity index (χ0) is 15.4. The molecule has 0 saturated heterocycles. The van der Waals surface area contributed by atoms with Gasteiger partial charge >= 0.3 is 0 Å². The molecular formula is C21H21N. The highest BCUT2D eigenvalue weighted by Crippen LogP contribution is 2.31. The number of nitrogens with zero attached hydrogens (tertiary/aromatic N) is 1. The SMILES string of the molecule is CC(C)N(c1ccccc1)c1cccc(-c2ccccc2)c1. The largest absolute Gasteiger partial charge is 0.339 e. The van der Waals surface area contributed by atoms with Crippen molar-refractivity contribution < 1.29 is 0 Å². The van der Waals surface area contributed by atoms with E-state index in [2.05, 4.69) is 104 Å². The predicted molar refractivity (Wildman–Crippen MR) is 95.6 cm³/mol. The van der Waals surface area contributed by atoms with Crippen molar-refractivity contribution in [3.05, 3.63) is 84.9 Å². The highest BCUT2D eigenvalue weighted by molar-refractivity contribution is 5.72. The van der Waals surface area contributed by atoms with E-state index in [0.29, 0.717) is 6.04 Å². The van der Waals surface area contributed by atoms with Crippen molar-refractivity contribution in [3.8, 4) is 11.1 Å². The first-order valence-electron chi connectivity index (χ1n) is 7.75. The number of benzene rings is 3. The van der Waals surface area contributed by atoms with Crippen LogP contribution in [-0.2, 0) is 0 Å².